The lowest BCUT2D eigenvalue weighted by Gasteiger charge is -2.20. The van der Waals surface area contributed by atoms with Gasteiger partial charge in [0.25, 0.3) is 0 Å². The number of hydrogen-bond donors (Lipinski definition) is 0. The van der Waals surface area contributed by atoms with E-state index >= 15 is 0 Å². The minimum Gasteiger partial charge on any atom is -0.493 e. The molecule has 2 rings (SSSR count). The van der Waals surface area contributed by atoms with Crippen molar-refractivity contribution in [1.29, 1.82) is 0 Å². The molecule has 0 bridgehead atoms. The Kier molecular flexibility index (Phi) is 5.19. The Morgan fingerprint density at radius 2 is 1.60 bits per heavy atom. The minimum absolute atomic E-state index is 0.527. The molecule has 0 N–H and O–H groups in total. The Morgan fingerprint density at radius 3 is 2.30 bits per heavy atom. The van der Waals surface area contributed by atoms with Gasteiger partial charge in [-0.1, -0.05) is 48.5 Å². The molecule has 0 aromatic heterocycles. The Labute approximate surface area is 122 Å². The first-order valence-electron chi connectivity index (χ1n) is 7.12. The standard InChI is InChI=1S/C18H23NO/c1-15(19(2)3)13-14-20-18-12-8-7-11-17(18)16-9-5-4-6-10-16/h4-12,15H,13-14H2,1-3H3. The van der Waals surface area contributed by atoms with Gasteiger partial charge in [0, 0.05) is 11.6 Å². The van der Waals surface area contributed by atoms with Crippen LogP contribution in [0.15, 0.2) is 54.6 Å². The van der Waals surface area contributed by atoms with Crippen molar-refractivity contribution in [1.82, 2.24) is 4.90 Å². The van der Waals surface area contributed by atoms with Gasteiger partial charge in [0.15, 0.2) is 0 Å². The molecule has 0 fully saturated rings. The molecule has 0 spiro atoms. The number of rotatable bonds is 6. The summed E-state index contributed by atoms with van der Waals surface area (Å²) >= 11 is 0. The van der Waals surface area contributed by atoms with Gasteiger partial charge in [0.2, 0.25) is 0 Å². The van der Waals surface area contributed by atoms with Crippen LogP contribution in [0.2, 0.25) is 0 Å². The van der Waals surface area contributed by atoms with Crippen LogP contribution in [0.5, 0.6) is 5.75 Å². The molecule has 0 aliphatic rings. The lowest BCUT2D eigenvalue weighted by atomic mass is 10.1. The first-order chi connectivity index (χ1) is 9.68. The molecule has 2 aromatic carbocycles. The van der Waals surface area contributed by atoms with Crippen LogP contribution in [0.1, 0.15) is 13.3 Å². The summed E-state index contributed by atoms with van der Waals surface area (Å²) in [6, 6.07) is 19.1. The maximum Gasteiger partial charge on any atom is 0.127 e. The van der Waals surface area contributed by atoms with E-state index in [1.807, 2.05) is 18.2 Å². The molecule has 0 aliphatic carbocycles. The van der Waals surface area contributed by atoms with Crippen molar-refractivity contribution in [3.05, 3.63) is 54.6 Å². The van der Waals surface area contributed by atoms with Gasteiger partial charge in [-0.25, -0.2) is 0 Å². The third-order valence-electron chi connectivity index (χ3n) is 3.65. The van der Waals surface area contributed by atoms with E-state index in [1.165, 1.54) is 5.56 Å². The van der Waals surface area contributed by atoms with Crippen LogP contribution in [0.4, 0.5) is 0 Å². The Hall–Kier alpha value is -1.80. The summed E-state index contributed by atoms with van der Waals surface area (Å²) in [6.45, 7) is 2.95. The molecule has 0 saturated heterocycles. The summed E-state index contributed by atoms with van der Waals surface area (Å²) in [6.07, 6.45) is 1.02. The summed E-state index contributed by atoms with van der Waals surface area (Å²) in [5.74, 6) is 0.963. The number of benzene rings is 2. The maximum absolute atomic E-state index is 5.99. The summed E-state index contributed by atoms with van der Waals surface area (Å²) in [4.78, 5) is 2.21. The van der Waals surface area contributed by atoms with Crippen LogP contribution < -0.4 is 4.74 Å². The Bertz CT molecular complexity index is 522. The summed E-state index contributed by atoms with van der Waals surface area (Å²) in [7, 11) is 4.20. The molecule has 20 heavy (non-hydrogen) atoms. The van der Waals surface area contributed by atoms with Crippen molar-refractivity contribution >= 4 is 0 Å². The Balaban J connectivity index is 2.06. The summed E-state index contributed by atoms with van der Waals surface area (Å²) in [5, 5.41) is 0. The van der Waals surface area contributed by atoms with Gasteiger partial charge in [0.1, 0.15) is 5.75 Å². The van der Waals surface area contributed by atoms with Crippen LogP contribution >= 0.6 is 0 Å². The summed E-state index contributed by atoms with van der Waals surface area (Å²) < 4.78 is 5.99. The highest BCUT2D eigenvalue weighted by Crippen LogP contribution is 2.29. The highest BCUT2D eigenvalue weighted by molar-refractivity contribution is 5.70. The van der Waals surface area contributed by atoms with Crippen molar-refractivity contribution in [3.8, 4) is 16.9 Å². The largest absolute Gasteiger partial charge is 0.493 e. The van der Waals surface area contributed by atoms with Crippen molar-refractivity contribution in [2.24, 2.45) is 0 Å². The second kappa shape index (κ2) is 7.11. The molecule has 106 valence electrons. The van der Waals surface area contributed by atoms with E-state index in [4.69, 9.17) is 4.74 Å². The zero-order valence-corrected chi connectivity index (χ0v) is 12.5. The second-order valence-electron chi connectivity index (χ2n) is 5.31. The van der Waals surface area contributed by atoms with Gasteiger partial charge in [-0.05, 0) is 39.1 Å². The highest BCUT2D eigenvalue weighted by atomic mass is 16.5. The average Bonchev–Trinajstić information content (AvgIpc) is 2.48. The molecule has 1 atom stereocenters. The van der Waals surface area contributed by atoms with Crippen molar-refractivity contribution in [2.75, 3.05) is 20.7 Å². The molecule has 0 aliphatic heterocycles. The molecule has 2 nitrogen and oxygen atoms in total. The maximum atomic E-state index is 5.99. The monoisotopic (exact) mass is 269 g/mol. The molecule has 0 amide bonds. The molecule has 0 radical (unpaired) electrons. The number of para-hydroxylation sites is 1. The lowest BCUT2D eigenvalue weighted by Crippen LogP contribution is -2.26. The van der Waals surface area contributed by atoms with E-state index in [0.717, 1.165) is 24.3 Å². The van der Waals surface area contributed by atoms with Crippen LogP contribution in [-0.4, -0.2) is 31.6 Å². The molecular weight excluding hydrogens is 246 g/mol. The number of hydrogen-bond acceptors (Lipinski definition) is 2. The van der Waals surface area contributed by atoms with Gasteiger partial charge in [0.05, 0.1) is 6.61 Å². The molecule has 2 heteroatoms. The van der Waals surface area contributed by atoms with E-state index in [1.54, 1.807) is 0 Å². The first-order valence-corrected chi connectivity index (χ1v) is 7.12. The third kappa shape index (κ3) is 3.84. The smallest absolute Gasteiger partial charge is 0.127 e. The van der Waals surface area contributed by atoms with E-state index in [0.29, 0.717) is 6.04 Å². The molecule has 1 unspecified atom stereocenters. The zero-order chi connectivity index (χ0) is 14.4. The summed E-state index contributed by atoms with van der Waals surface area (Å²) in [5.41, 5.74) is 2.36. The fourth-order valence-electron chi connectivity index (χ4n) is 2.05. The van der Waals surface area contributed by atoms with Crippen LogP contribution in [-0.2, 0) is 0 Å². The van der Waals surface area contributed by atoms with Gasteiger partial charge >= 0.3 is 0 Å². The van der Waals surface area contributed by atoms with Gasteiger partial charge in [-0.3, -0.25) is 0 Å². The predicted octanol–water partition coefficient (Wildman–Crippen LogP) is 4.07. The zero-order valence-electron chi connectivity index (χ0n) is 12.5. The minimum atomic E-state index is 0.527. The van der Waals surface area contributed by atoms with Gasteiger partial charge < -0.3 is 9.64 Å². The average molecular weight is 269 g/mol. The van der Waals surface area contributed by atoms with Crippen molar-refractivity contribution < 1.29 is 4.74 Å². The quantitative estimate of drug-likeness (QED) is 0.783. The van der Waals surface area contributed by atoms with Crippen LogP contribution in [0, 0.1) is 0 Å². The fourth-order valence-corrected chi connectivity index (χ4v) is 2.05. The van der Waals surface area contributed by atoms with E-state index in [2.05, 4.69) is 62.3 Å². The Morgan fingerprint density at radius 1 is 0.950 bits per heavy atom. The van der Waals surface area contributed by atoms with Crippen molar-refractivity contribution in [3.63, 3.8) is 0 Å². The fraction of sp³-hybridized carbons (Fsp3) is 0.333. The molecule has 2 aromatic rings. The molecule has 0 heterocycles. The molecule has 0 saturated carbocycles. The van der Waals surface area contributed by atoms with E-state index in [9.17, 15) is 0 Å². The number of ether oxygens (including phenoxy) is 1. The van der Waals surface area contributed by atoms with E-state index < -0.39 is 0 Å². The number of nitrogens with zero attached hydrogens (tertiary/aromatic N) is 1. The van der Waals surface area contributed by atoms with Gasteiger partial charge in [-0.15, -0.1) is 0 Å². The normalized spacial score (nSPS) is 12.4. The molecular formula is C18H23NO. The topological polar surface area (TPSA) is 12.5 Å². The third-order valence-corrected chi connectivity index (χ3v) is 3.65. The van der Waals surface area contributed by atoms with Crippen molar-refractivity contribution in [2.45, 2.75) is 19.4 Å². The van der Waals surface area contributed by atoms with Crippen LogP contribution in [0.25, 0.3) is 11.1 Å². The first kappa shape index (κ1) is 14.6. The van der Waals surface area contributed by atoms with Crippen LogP contribution in [0.3, 0.4) is 0 Å². The van der Waals surface area contributed by atoms with E-state index in [-0.39, 0.29) is 0 Å². The highest BCUT2D eigenvalue weighted by Gasteiger charge is 2.07. The van der Waals surface area contributed by atoms with Gasteiger partial charge in [-0.2, -0.15) is 0 Å². The second-order valence-corrected chi connectivity index (χ2v) is 5.31. The SMILES string of the molecule is CC(CCOc1ccccc1-c1ccccc1)N(C)C. The predicted molar refractivity (Wildman–Crippen MR) is 85.1 cm³/mol. The lowest BCUT2D eigenvalue weighted by molar-refractivity contribution is 0.234.